The van der Waals surface area contributed by atoms with Crippen LogP contribution in [0.4, 0.5) is 15.8 Å². The van der Waals surface area contributed by atoms with E-state index in [-0.39, 0.29) is 12.1 Å². The fraction of sp³-hybridized carbons (Fsp3) is 0.500. The Morgan fingerprint density at radius 1 is 1.29 bits per heavy atom. The smallest absolute Gasteiger partial charge is 0.306 e. The van der Waals surface area contributed by atoms with Gasteiger partial charge >= 0.3 is 5.97 Å². The van der Waals surface area contributed by atoms with Gasteiger partial charge in [-0.05, 0) is 30.9 Å². The average molecular weight is 338 g/mol. The summed E-state index contributed by atoms with van der Waals surface area (Å²) in [7, 11) is 0. The number of hydrogen-bond acceptors (Lipinski definition) is 5. The van der Waals surface area contributed by atoms with Gasteiger partial charge in [0.05, 0.1) is 11.0 Å². The van der Waals surface area contributed by atoms with Crippen LogP contribution in [0.1, 0.15) is 38.5 Å². The third-order valence-electron chi connectivity index (χ3n) is 3.97. The molecule has 1 aromatic carbocycles. The zero-order chi connectivity index (χ0) is 17.5. The van der Waals surface area contributed by atoms with Crippen molar-refractivity contribution in [2.24, 2.45) is 5.92 Å². The third-order valence-corrected chi connectivity index (χ3v) is 3.97. The van der Waals surface area contributed by atoms with Crippen LogP contribution in [0.2, 0.25) is 0 Å². The summed E-state index contributed by atoms with van der Waals surface area (Å²) in [6.07, 6.45) is 5.65. The van der Waals surface area contributed by atoms with E-state index in [9.17, 15) is 24.1 Å². The van der Waals surface area contributed by atoms with Gasteiger partial charge in [-0.15, -0.1) is 0 Å². The molecule has 1 amide bonds. The average Bonchev–Trinajstić information content (AvgIpc) is 2.55. The van der Waals surface area contributed by atoms with Crippen molar-refractivity contribution in [1.82, 2.24) is 0 Å². The predicted octanol–water partition coefficient (Wildman–Crippen LogP) is 3.19. The molecule has 1 aromatic rings. The molecule has 0 radical (unpaired) electrons. The zero-order valence-corrected chi connectivity index (χ0v) is 13.1. The highest BCUT2D eigenvalue weighted by Gasteiger charge is 2.20. The molecule has 0 atom stereocenters. The number of nitro groups is 1. The van der Waals surface area contributed by atoms with Crippen LogP contribution in [-0.2, 0) is 14.3 Å². The number of ether oxygens (including phenoxy) is 1. The third kappa shape index (κ3) is 5.29. The second kappa shape index (κ2) is 8.37. The first-order valence-electron chi connectivity index (χ1n) is 7.85. The molecule has 1 aliphatic carbocycles. The molecule has 0 spiro atoms. The SMILES string of the molecule is O=C(COC(=O)CC1CCCCC1)Nc1ccc(F)cc1[N+](=O)[O-]. The lowest BCUT2D eigenvalue weighted by Gasteiger charge is -2.20. The molecule has 24 heavy (non-hydrogen) atoms. The number of nitro benzene ring substituents is 1. The number of carbonyl (C=O) groups is 2. The molecule has 1 fully saturated rings. The van der Waals surface area contributed by atoms with Crippen molar-refractivity contribution in [2.45, 2.75) is 38.5 Å². The van der Waals surface area contributed by atoms with E-state index >= 15 is 0 Å². The van der Waals surface area contributed by atoms with Crippen LogP contribution >= 0.6 is 0 Å². The van der Waals surface area contributed by atoms with Crippen molar-refractivity contribution in [3.8, 4) is 0 Å². The lowest BCUT2D eigenvalue weighted by molar-refractivity contribution is -0.384. The summed E-state index contributed by atoms with van der Waals surface area (Å²) in [5.41, 5.74) is -0.702. The fourth-order valence-electron chi connectivity index (χ4n) is 2.78. The molecule has 0 aromatic heterocycles. The van der Waals surface area contributed by atoms with Gasteiger partial charge < -0.3 is 10.1 Å². The summed E-state index contributed by atoms with van der Waals surface area (Å²) in [5, 5.41) is 13.1. The first kappa shape index (κ1) is 17.8. The molecule has 0 bridgehead atoms. The Bertz CT molecular complexity index is 629. The number of rotatable bonds is 6. The van der Waals surface area contributed by atoms with Crippen molar-refractivity contribution < 1.29 is 23.6 Å². The van der Waals surface area contributed by atoms with Gasteiger partial charge in [-0.2, -0.15) is 0 Å². The van der Waals surface area contributed by atoms with Crippen molar-refractivity contribution in [3.05, 3.63) is 34.1 Å². The van der Waals surface area contributed by atoms with Crippen LogP contribution in [0.25, 0.3) is 0 Å². The number of amides is 1. The van der Waals surface area contributed by atoms with Crippen LogP contribution in [0.15, 0.2) is 18.2 Å². The standard InChI is InChI=1S/C16H19FN2O5/c17-12-6-7-13(14(9-12)19(22)23)18-15(20)10-24-16(21)8-11-4-2-1-3-5-11/h6-7,9,11H,1-5,8,10H2,(H,18,20). The second-order valence-electron chi connectivity index (χ2n) is 5.84. The molecule has 2 rings (SSSR count). The topological polar surface area (TPSA) is 98.5 Å². The van der Waals surface area contributed by atoms with E-state index < -0.39 is 34.9 Å². The van der Waals surface area contributed by atoms with Gasteiger partial charge in [0.1, 0.15) is 11.5 Å². The first-order chi connectivity index (χ1) is 11.5. The highest BCUT2D eigenvalue weighted by atomic mass is 19.1. The van der Waals surface area contributed by atoms with Gasteiger partial charge in [-0.3, -0.25) is 19.7 Å². The van der Waals surface area contributed by atoms with Gasteiger partial charge in [0.15, 0.2) is 6.61 Å². The summed E-state index contributed by atoms with van der Waals surface area (Å²) < 4.78 is 17.9. The molecule has 1 N–H and O–H groups in total. The van der Waals surface area contributed by atoms with E-state index in [2.05, 4.69) is 5.32 Å². The summed E-state index contributed by atoms with van der Waals surface area (Å²) >= 11 is 0. The minimum atomic E-state index is -0.798. The van der Waals surface area contributed by atoms with Crippen molar-refractivity contribution in [1.29, 1.82) is 0 Å². The Morgan fingerprint density at radius 3 is 2.67 bits per heavy atom. The van der Waals surface area contributed by atoms with Crippen LogP contribution in [0, 0.1) is 21.8 Å². The molecule has 1 aliphatic rings. The molecule has 0 aliphatic heterocycles. The first-order valence-corrected chi connectivity index (χ1v) is 7.85. The number of nitrogens with one attached hydrogen (secondary N) is 1. The fourth-order valence-corrected chi connectivity index (χ4v) is 2.78. The van der Waals surface area contributed by atoms with Crippen LogP contribution < -0.4 is 5.32 Å². The van der Waals surface area contributed by atoms with Gasteiger partial charge in [-0.25, -0.2) is 4.39 Å². The molecule has 8 heteroatoms. The summed E-state index contributed by atoms with van der Waals surface area (Å²) in [6.45, 7) is -0.528. The van der Waals surface area contributed by atoms with Crippen LogP contribution in [0.5, 0.6) is 0 Å². The molecule has 0 heterocycles. The van der Waals surface area contributed by atoms with Crippen molar-refractivity contribution in [2.75, 3.05) is 11.9 Å². The molecule has 1 saturated carbocycles. The number of hydrogen-bond donors (Lipinski definition) is 1. The highest BCUT2D eigenvalue weighted by Crippen LogP contribution is 2.27. The highest BCUT2D eigenvalue weighted by molar-refractivity contribution is 5.94. The maximum absolute atomic E-state index is 13.0. The molecular formula is C16H19FN2O5. The van der Waals surface area contributed by atoms with E-state index in [1.807, 2.05) is 0 Å². The normalized spacial score (nSPS) is 14.9. The largest absolute Gasteiger partial charge is 0.456 e. The maximum Gasteiger partial charge on any atom is 0.306 e. The predicted molar refractivity (Wildman–Crippen MR) is 83.8 cm³/mol. The molecule has 7 nitrogen and oxygen atoms in total. The van der Waals surface area contributed by atoms with Gasteiger partial charge in [0.2, 0.25) is 0 Å². The number of benzene rings is 1. The number of esters is 1. The molecule has 0 unspecified atom stereocenters. The number of carbonyl (C=O) groups excluding carboxylic acids is 2. The van der Waals surface area contributed by atoms with E-state index in [0.29, 0.717) is 12.0 Å². The summed E-state index contributed by atoms with van der Waals surface area (Å²) in [5.74, 6) is -1.64. The Labute approximate surface area is 138 Å². The van der Waals surface area contributed by atoms with Gasteiger partial charge in [0, 0.05) is 6.42 Å². The molecule has 0 saturated heterocycles. The quantitative estimate of drug-likeness (QED) is 0.488. The van der Waals surface area contributed by atoms with E-state index in [0.717, 1.165) is 37.8 Å². The zero-order valence-electron chi connectivity index (χ0n) is 13.1. The minimum absolute atomic E-state index is 0.144. The molecular weight excluding hydrogens is 319 g/mol. The van der Waals surface area contributed by atoms with E-state index in [4.69, 9.17) is 4.74 Å². The Balaban J connectivity index is 1.83. The van der Waals surface area contributed by atoms with Gasteiger partial charge in [0.25, 0.3) is 11.6 Å². The monoisotopic (exact) mass is 338 g/mol. The number of anilines is 1. The Hall–Kier alpha value is -2.51. The molecule has 130 valence electrons. The summed E-state index contributed by atoms with van der Waals surface area (Å²) in [6, 6.07) is 2.80. The lowest BCUT2D eigenvalue weighted by Crippen LogP contribution is -2.22. The van der Waals surface area contributed by atoms with E-state index in [1.54, 1.807) is 0 Å². The second-order valence-corrected chi connectivity index (χ2v) is 5.84. The Kier molecular flexibility index (Phi) is 6.22. The Morgan fingerprint density at radius 2 is 2.00 bits per heavy atom. The van der Waals surface area contributed by atoms with Crippen molar-refractivity contribution in [3.63, 3.8) is 0 Å². The maximum atomic E-state index is 13.0. The van der Waals surface area contributed by atoms with E-state index in [1.165, 1.54) is 6.42 Å². The van der Waals surface area contributed by atoms with Crippen LogP contribution in [-0.4, -0.2) is 23.4 Å². The lowest BCUT2D eigenvalue weighted by atomic mass is 9.87. The van der Waals surface area contributed by atoms with Crippen molar-refractivity contribution >= 4 is 23.3 Å². The van der Waals surface area contributed by atoms with Crippen LogP contribution in [0.3, 0.4) is 0 Å². The number of halogens is 1. The number of nitrogens with zero attached hydrogens (tertiary/aromatic N) is 1. The summed E-state index contributed by atoms with van der Waals surface area (Å²) in [4.78, 5) is 33.5. The minimum Gasteiger partial charge on any atom is -0.456 e. The van der Waals surface area contributed by atoms with Gasteiger partial charge in [-0.1, -0.05) is 19.3 Å².